The fourth-order valence-electron chi connectivity index (χ4n) is 4.09. The average Bonchev–Trinajstić information content (AvgIpc) is 3.48. The maximum atomic E-state index is 12.8. The SMILES string of the molecule is CC(NC(=O)[C@H]1C[C@@H](c2ccccc2)CCN1)C(=O)NCc1ccc(-c2noc(C(F)(F)F)n2)cc1.O=C(O)C(F)(F)F. The normalized spacial score (nSPS) is 17.7. The van der Waals surface area contributed by atoms with Crippen LogP contribution < -0.4 is 16.0 Å². The van der Waals surface area contributed by atoms with Crippen molar-refractivity contribution in [3.05, 3.63) is 71.6 Å². The first-order chi connectivity index (χ1) is 20.1. The van der Waals surface area contributed by atoms with Crippen molar-refractivity contribution in [3.63, 3.8) is 0 Å². The van der Waals surface area contributed by atoms with Crippen molar-refractivity contribution in [1.29, 1.82) is 0 Å². The Morgan fingerprint density at radius 3 is 2.23 bits per heavy atom. The zero-order chi connectivity index (χ0) is 31.8. The van der Waals surface area contributed by atoms with E-state index in [1.807, 2.05) is 18.2 Å². The number of aliphatic carboxylic acids is 1. The van der Waals surface area contributed by atoms with E-state index in [0.29, 0.717) is 17.5 Å². The number of alkyl halides is 6. The number of aromatic nitrogens is 2. The number of piperidine rings is 1. The molecule has 1 saturated heterocycles. The highest BCUT2D eigenvalue weighted by atomic mass is 19.4. The minimum absolute atomic E-state index is 0.178. The van der Waals surface area contributed by atoms with Crippen LogP contribution in [0.1, 0.15) is 42.7 Å². The molecular weight excluding hydrogens is 588 g/mol. The third-order valence-electron chi connectivity index (χ3n) is 6.33. The Hall–Kier alpha value is -4.47. The molecule has 232 valence electrons. The van der Waals surface area contributed by atoms with Crippen molar-refractivity contribution in [3.8, 4) is 11.4 Å². The number of carbonyl (C=O) groups excluding carboxylic acids is 2. The van der Waals surface area contributed by atoms with Crippen LogP contribution in [0.15, 0.2) is 59.1 Å². The van der Waals surface area contributed by atoms with E-state index in [2.05, 4.69) is 42.7 Å². The van der Waals surface area contributed by atoms with Gasteiger partial charge in [0.15, 0.2) is 0 Å². The van der Waals surface area contributed by atoms with Crippen LogP contribution in [0, 0.1) is 0 Å². The molecule has 1 aliphatic heterocycles. The molecule has 2 amide bonds. The Morgan fingerprint density at radius 1 is 1.05 bits per heavy atom. The van der Waals surface area contributed by atoms with Crippen molar-refractivity contribution in [2.75, 3.05) is 6.54 Å². The summed E-state index contributed by atoms with van der Waals surface area (Å²) in [6.45, 7) is 2.51. The molecule has 2 heterocycles. The molecule has 0 spiro atoms. The van der Waals surface area contributed by atoms with Gasteiger partial charge in [0.2, 0.25) is 17.6 Å². The molecule has 1 aromatic heterocycles. The van der Waals surface area contributed by atoms with Crippen LogP contribution in [0.2, 0.25) is 0 Å². The third-order valence-corrected chi connectivity index (χ3v) is 6.33. The number of hydrogen-bond acceptors (Lipinski definition) is 7. The molecule has 0 bridgehead atoms. The summed E-state index contributed by atoms with van der Waals surface area (Å²) in [6, 6.07) is 15.3. The molecular formula is C27H27F6N5O5. The maximum absolute atomic E-state index is 12.8. The molecule has 2 aromatic carbocycles. The second-order valence-corrected chi connectivity index (χ2v) is 9.51. The molecule has 1 aliphatic rings. The summed E-state index contributed by atoms with van der Waals surface area (Å²) < 4.78 is 73.9. The van der Waals surface area contributed by atoms with Crippen molar-refractivity contribution in [1.82, 2.24) is 26.1 Å². The van der Waals surface area contributed by atoms with Crippen LogP contribution in [0.4, 0.5) is 26.3 Å². The molecule has 4 N–H and O–H groups in total. The van der Waals surface area contributed by atoms with E-state index in [-0.39, 0.29) is 36.1 Å². The van der Waals surface area contributed by atoms with Crippen molar-refractivity contribution in [2.45, 2.75) is 56.7 Å². The van der Waals surface area contributed by atoms with Gasteiger partial charge in [0.05, 0.1) is 6.04 Å². The monoisotopic (exact) mass is 615 g/mol. The minimum Gasteiger partial charge on any atom is -0.475 e. The first-order valence-electron chi connectivity index (χ1n) is 12.8. The average molecular weight is 616 g/mol. The zero-order valence-electron chi connectivity index (χ0n) is 22.5. The van der Waals surface area contributed by atoms with Crippen molar-refractivity contribution >= 4 is 17.8 Å². The van der Waals surface area contributed by atoms with E-state index >= 15 is 0 Å². The lowest BCUT2D eigenvalue weighted by Gasteiger charge is -2.30. The van der Waals surface area contributed by atoms with Crippen molar-refractivity contribution in [2.24, 2.45) is 0 Å². The van der Waals surface area contributed by atoms with Crippen LogP contribution in [-0.2, 0) is 27.1 Å². The number of benzene rings is 2. The first-order valence-corrected chi connectivity index (χ1v) is 12.8. The largest absolute Gasteiger partial charge is 0.490 e. The topological polar surface area (TPSA) is 146 Å². The van der Waals surface area contributed by atoms with Crippen LogP contribution in [-0.4, -0.2) is 57.8 Å². The van der Waals surface area contributed by atoms with Gasteiger partial charge < -0.3 is 25.6 Å². The summed E-state index contributed by atoms with van der Waals surface area (Å²) in [5, 5.41) is 19.2. The number of carbonyl (C=O) groups is 3. The number of carboxylic acid groups (broad SMARTS) is 1. The smallest absolute Gasteiger partial charge is 0.475 e. The van der Waals surface area contributed by atoms with Crippen LogP contribution in [0.3, 0.4) is 0 Å². The van der Waals surface area contributed by atoms with Crippen LogP contribution in [0.25, 0.3) is 11.4 Å². The number of nitrogens with zero attached hydrogens (tertiary/aromatic N) is 2. The molecule has 1 fully saturated rings. The first kappa shape index (κ1) is 33.0. The molecule has 10 nitrogen and oxygen atoms in total. The van der Waals surface area contributed by atoms with Gasteiger partial charge in [0.1, 0.15) is 6.04 Å². The Bertz CT molecular complexity index is 1380. The summed E-state index contributed by atoms with van der Waals surface area (Å²) in [5.41, 5.74) is 2.26. The molecule has 43 heavy (non-hydrogen) atoms. The van der Waals surface area contributed by atoms with E-state index in [1.54, 1.807) is 19.1 Å². The summed E-state index contributed by atoms with van der Waals surface area (Å²) in [4.78, 5) is 37.5. The summed E-state index contributed by atoms with van der Waals surface area (Å²) in [7, 11) is 0. The van der Waals surface area contributed by atoms with Crippen LogP contribution in [0.5, 0.6) is 0 Å². The number of amides is 2. The third kappa shape index (κ3) is 9.80. The Balaban J connectivity index is 0.000000646. The van der Waals surface area contributed by atoms with Gasteiger partial charge >= 0.3 is 24.2 Å². The van der Waals surface area contributed by atoms with Gasteiger partial charge in [-0.2, -0.15) is 31.3 Å². The number of hydrogen-bond donors (Lipinski definition) is 4. The van der Waals surface area contributed by atoms with Crippen molar-refractivity contribution < 1.29 is 50.4 Å². The number of rotatable bonds is 7. The molecule has 0 saturated carbocycles. The van der Waals surface area contributed by atoms with E-state index in [4.69, 9.17) is 9.90 Å². The van der Waals surface area contributed by atoms with E-state index in [1.165, 1.54) is 17.7 Å². The van der Waals surface area contributed by atoms with Gasteiger partial charge in [-0.1, -0.05) is 59.8 Å². The highest BCUT2D eigenvalue weighted by molar-refractivity contribution is 5.89. The molecule has 3 aromatic rings. The summed E-state index contributed by atoms with van der Waals surface area (Å²) in [5.74, 6) is -4.64. The Labute approximate surface area is 240 Å². The summed E-state index contributed by atoms with van der Waals surface area (Å²) >= 11 is 0. The molecule has 0 radical (unpaired) electrons. The molecule has 0 aliphatic carbocycles. The fraction of sp³-hybridized carbons (Fsp3) is 0.370. The molecule has 16 heteroatoms. The lowest BCUT2D eigenvalue weighted by molar-refractivity contribution is -0.192. The molecule has 4 rings (SSSR count). The van der Waals surface area contributed by atoms with Crippen LogP contribution >= 0.6 is 0 Å². The van der Waals surface area contributed by atoms with Gasteiger partial charge in [0, 0.05) is 12.1 Å². The van der Waals surface area contributed by atoms with Gasteiger partial charge in [-0.05, 0) is 43.4 Å². The second kappa shape index (κ2) is 14.1. The molecule has 3 atom stereocenters. The highest BCUT2D eigenvalue weighted by Gasteiger charge is 2.39. The minimum atomic E-state index is -5.08. The predicted octanol–water partition coefficient (Wildman–Crippen LogP) is 4.05. The second-order valence-electron chi connectivity index (χ2n) is 9.51. The predicted molar refractivity (Wildman–Crippen MR) is 138 cm³/mol. The van der Waals surface area contributed by atoms with Gasteiger partial charge in [-0.25, -0.2) is 4.79 Å². The fourth-order valence-corrected chi connectivity index (χ4v) is 4.09. The maximum Gasteiger partial charge on any atom is 0.490 e. The Morgan fingerprint density at radius 2 is 1.67 bits per heavy atom. The lowest BCUT2D eigenvalue weighted by Crippen LogP contribution is -2.53. The number of nitrogens with one attached hydrogen (secondary N) is 3. The Kier molecular flexibility index (Phi) is 10.9. The number of halogens is 6. The van der Waals surface area contributed by atoms with Gasteiger partial charge in [-0.3, -0.25) is 9.59 Å². The van der Waals surface area contributed by atoms with Gasteiger partial charge in [-0.15, -0.1) is 0 Å². The summed E-state index contributed by atoms with van der Waals surface area (Å²) in [6.07, 6.45) is -8.20. The quantitative estimate of drug-likeness (QED) is 0.292. The van der Waals surface area contributed by atoms with E-state index in [0.717, 1.165) is 13.0 Å². The van der Waals surface area contributed by atoms with E-state index in [9.17, 15) is 35.9 Å². The highest BCUT2D eigenvalue weighted by Crippen LogP contribution is 2.30. The molecule has 1 unspecified atom stereocenters. The standard InChI is InChI=1S/C25H26F3N5O3.C2HF3O2/c1-15(31-23(35)20-13-19(11-12-29-20)17-5-3-2-4-6-17)22(34)30-14-16-7-9-18(10-8-16)21-32-24(36-33-21)25(26,27)28;3-2(4,5)1(6)7/h2-10,15,19-20,29H,11-14H2,1H3,(H,30,34)(H,31,35);(H,6,7)/t15?,19-,20+;/m0./s1. The number of carboxylic acids is 1. The van der Waals surface area contributed by atoms with E-state index < -0.39 is 30.3 Å². The zero-order valence-corrected chi connectivity index (χ0v) is 22.5. The van der Waals surface area contributed by atoms with Gasteiger partial charge in [0.25, 0.3) is 0 Å². The lowest BCUT2D eigenvalue weighted by atomic mass is 9.86.